The summed E-state index contributed by atoms with van der Waals surface area (Å²) in [5, 5.41) is 0. The molecule has 0 N–H and O–H groups in total. The third kappa shape index (κ3) is 2.24. The number of ether oxygens (including phenoxy) is 1. The van der Waals surface area contributed by atoms with E-state index < -0.39 is 0 Å². The Balaban J connectivity index is 1.60. The van der Waals surface area contributed by atoms with Gasteiger partial charge in [-0.25, -0.2) is 0 Å². The van der Waals surface area contributed by atoms with Crippen molar-refractivity contribution in [3.05, 3.63) is 23.8 Å². The van der Waals surface area contributed by atoms with Crippen molar-refractivity contribution >= 4 is 5.97 Å². The van der Waals surface area contributed by atoms with Gasteiger partial charge in [0.15, 0.2) is 0 Å². The quantitative estimate of drug-likeness (QED) is 0.473. The van der Waals surface area contributed by atoms with Gasteiger partial charge in [-0.1, -0.05) is 37.6 Å². The monoisotopic (exact) mass is 328 g/mol. The van der Waals surface area contributed by atoms with E-state index in [1.165, 1.54) is 44.1 Å². The fourth-order valence-corrected chi connectivity index (χ4v) is 6.74. The van der Waals surface area contributed by atoms with Crippen LogP contribution in [0.25, 0.3) is 0 Å². The smallest absolute Gasteiger partial charge is 0.302 e. The van der Waals surface area contributed by atoms with Gasteiger partial charge in [0.2, 0.25) is 0 Å². The molecule has 3 fully saturated rings. The van der Waals surface area contributed by atoms with Crippen LogP contribution in [0.15, 0.2) is 23.8 Å². The molecule has 0 aliphatic heterocycles. The van der Waals surface area contributed by atoms with Crippen molar-refractivity contribution in [1.29, 1.82) is 0 Å². The molecule has 3 saturated carbocycles. The minimum Gasteiger partial charge on any atom is -0.463 e. The third-order valence-corrected chi connectivity index (χ3v) is 8.27. The summed E-state index contributed by atoms with van der Waals surface area (Å²) < 4.78 is 5.55. The van der Waals surface area contributed by atoms with E-state index in [9.17, 15) is 4.79 Å². The molecule has 0 radical (unpaired) electrons. The molecule has 0 saturated heterocycles. The maximum atomic E-state index is 11.3. The van der Waals surface area contributed by atoms with Crippen LogP contribution >= 0.6 is 0 Å². The maximum Gasteiger partial charge on any atom is 0.302 e. The van der Waals surface area contributed by atoms with Crippen LogP contribution in [-0.2, 0) is 9.53 Å². The minimum atomic E-state index is -0.116. The first-order valence-corrected chi connectivity index (χ1v) is 9.90. The molecule has 0 amide bonds. The van der Waals surface area contributed by atoms with Crippen molar-refractivity contribution in [2.24, 2.45) is 28.6 Å². The van der Waals surface area contributed by atoms with E-state index in [2.05, 4.69) is 26.5 Å². The molecule has 4 aliphatic rings. The van der Waals surface area contributed by atoms with Crippen LogP contribution in [0.3, 0.4) is 0 Å². The third-order valence-electron chi connectivity index (χ3n) is 8.27. The van der Waals surface area contributed by atoms with E-state index in [4.69, 9.17) is 4.74 Å². The number of carbonyl (C=O) groups excluding carboxylic acids is 1. The zero-order valence-corrected chi connectivity index (χ0v) is 15.6. The molecule has 0 heterocycles. The number of allylic oxidation sites excluding steroid dienone is 3. The number of fused-ring (bicyclic) bond motifs is 5. The second kappa shape index (κ2) is 5.47. The Bertz CT molecular complexity index is 603. The highest BCUT2D eigenvalue weighted by Crippen LogP contribution is 2.65. The Morgan fingerprint density at radius 1 is 1.21 bits per heavy atom. The predicted molar refractivity (Wildman–Crippen MR) is 96.4 cm³/mol. The highest BCUT2D eigenvalue weighted by atomic mass is 16.5. The van der Waals surface area contributed by atoms with Gasteiger partial charge in [0.25, 0.3) is 0 Å². The Morgan fingerprint density at radius 3 is 2.75 bits per heavy atom. The van der Waals surface area contributed by atoms with E-state index in [0.717, 1.165) is 24.7 Å². The van der Waals surface area contributed by atoms with Gasteiger partial charge in [0.05, 0.1) is 0 Å². The SMILES string of the molecule is C=C1CCC2C3CCC4CC(OC(C)=O)CCC4(C)C3=CCC12C. The Hall–Kier alpha value is -1.05. The number of hydrogen-bond donors (Lipinski definition) is 0. The topological polar surface area (TPSA) is 26.3 Å². The van der Waals surface area contributed by atoms with Crippen molar-refractivity contribution in [2.75, 3.05) is 0 Å². The summed E-state index contributed by atoms with van der Waals surface area (Å²) >= 11 is 0. The fraction of sp³-hybridized carbons (Fsp3) is 0.773. The van der Waals surface area contributed by atoms with Gasteiger partial charge < -0.3 is 4.74 Å². The molecular formula is C22H32O2. The summed E-state index contributed by atoms with van der Waals surface area (Å²) in [5.74, 6) is 2.16. The van der Waals surface area contributed by atoms with E-state index in [0.29, 0.717) is 16.7 Å². The van der Waals surface area contributed by atoms with Crippen LogP contribution in [0, 0.1) is 28.6 Å². The van der Waals surface area contributed by atoms with Gasteiger partial charge in [0.1, 0.15) is 6.10 Å². The van der Waals surface area contributed by atoms with Crippen LogP contribution in [0.2, 0.25) is 0 Å². The summed E-state index contributed by atoms with van der Waals surface area (Å²) in [5.41, 5.74) is 3.95. The molecule has 0 aromatic heterocycles. The van der Waals surface area contributed by atoms with Crippen LogP contribution < -0.4 is 0 Å². The van der Waals surface area contributed by atoms with Crippen molar-refractivity contribution in [3.8, 4) is 0 Å². The lowest BCUT2D eigenvalue weighted by Gasteiger charge is -2.56. The molecule has 0 spiro atoms. The van der Waals surface area contributed by atoms with Gasteiger partial charge in [-0.3, -0.25) is 4.79 Å². The average Bonchev–Trinajstić information content (AvgIpc) is 2.83. The molecule has 6 unspecified atom stereocenters. The number of hydrogen-bond acceptors (Lipinski definition) is 2. The summed E-state index contributed by atoms with van der Waals surface area (Å²) in [6.45, 7) is 10.9. The molecule has 24 heavy (non-hydrogen) atoms. The summed E-state index contributed by atoms with van der Waals surface area (Å²) in [6.07, 6.45) is 12.4. The van der Waals surface area contributed by atoms with Crippen molar-refractivity contribution in [1.82, 2.24) is 0 Å². The van der Waals surface area contributed by atoms with Gasteiger partial charge in [-0.05, 0) is 80.0 Å². The number of carbonyl (C=O) groups is 1. The second-order valence-electron chi connectivity index (χ2n) is 9.33. The Labute approximate surface area is 146 Å². The first kappa shape index (κ1) is 16.4. The average molecular weight is 328 g/mol. The molecule has 4 aliphatic carbocycles. The summed E-state index contributed by atoms with van der Waals surface area (Å²) in [4.78, 5) is 11.3. The van der Waals surface area contributed by atoms with Gasteiger partial charge in [-0.15, -0.1) is 0 Å². The molecule has 0 aromatic rings. The Morgan fingerprint density at radius 2 is 2.00 bits per heavy atom. The van der Waals surface area contributed by atoms with E-state index in [1.54, 1.807) is 12.5 Å². The van der Waals surface area contributed by atoms with E-state index in [-0.39, 0.29) is 12.1 Å². The second-order valence-corrected chi connectivity index (χ2v) is 9.33. The van der Waals surface area contributed by atoms with Crippen molar-refractivity contribution in [2.45, 2.75) is 78.2 Å². The van der Waals surface area contributed by atoms with Crippen molar-refractivity contribution in [3.63, 3.8) is 0 Å². The van der Waals surface area contributed by atoms with Gasteiger partial charge in [-0.2, -0.15) is 0 Å². The highest BCUT2D eigenvalue weighted by Gasteiger charge is 2.55. The van der Waals surface area contributed by atoms with Gasteiger partial charge >= 0.3 is 5.97 Å². The van der Waals surface area contributed by atoms with E-state index >= 15 is 0 Å². The largest absolute Gasteiger partial charge is 0.463 e. The molecule has 2 nitrogen and oxygen atoms in total. The lowest BCUT2D eigenvalue weighted by molar-refractivity contribution is -0.151. The molecule has 6 atom stereocenters. The molecule has 4 rings (SSSR count). The molecular weight excluding hydrogens is 296 g/mol. The zero-order valence-electron chi connectivity index (χ0n) is 15.6. The van der Waals surface area contributed by atoms with Crippen LogP contribution in [0.4, 0.5) is 0 Å². The van der Waals surface area contributed by atoms with Gasteiger partial charge in [0, 0.05) is 6.92 Å². The molecule has 2 heteroatoms. The highest BCUT2D eigenvalue weighted by molar-refractivity contribution is 5.66. The first-order chi connectivity index (χ1) is 11.3. The number of esters is 1. The minimum absolute atomic E-state index is 0.116. The van der Waals surface area contributed by atoms with Crippen LogP contribution in [0.1, 0.15) is 72.1 Å². The normalized spacial score (nSPS) is 47.3. The van der Waals surface area contributed by atoms with Crippen LogP contribution in [-0.4, -0.2) is 12.1 Å². The van der Waals surface area contributed by atoms with Crippen molar-refractivity contribution < 1.29 is 9.53 Å². The number of rotatable bonds is 1. The Kier molecular flexibility index (Phi) is 3.75. The first-order valence-electron chi connectivity index (χ1n) is 9.90. The van der Waals surface area contributed by atoms with E-state index in [1.807, 2.05) is 0 Å². The fourth-order valence-electron chi connectivity index (χ4n) is 6.74. The summed E-state index contributed by atoms with van der Waals surface area (Å²) in [7, 11) is 0. The molecule has 0 aromatic carbocycles. The zero-order chi connectivity index (χ0) is 17.1. The maximum absolute atomic E-state index is 11.3. The molecule has 132 valence electrons. The predicted octanol–water partition coefficient (Wildman–Crippen LogP) is 5.44. The molecule has 0 bridgehead atoms. The standard InChI is InChI=1S/C22H32O2/c1-14-5-8-19-18-7-6-16-13-17(24-15(2)23)9-11-22(16,4)20(18)10-12-21(14,19)3/h10,16-19H,1,5-9,11-13H2,2-4H3. The lowest BCUT2D eigenvalue weighted by Crippen LogP contribution is -2.48. The lowest BCUT2D eigenvalue weighted by atomic mass is 9.49. The summed E-state index contributed by atoms with van der Waals surface area (Å²) in [6, 6.07) is 0. The van der Waals surface area contributed by atoms with Crippen LogP contribution in [0.5, 0.6) is 0 Å².